The van der Waals surface area contributed by atoms with Gasteiger partial charge >= 0.3 is 5.69 Å². The largest absolute Gasteiger partial charge is 0.459 e. The zero-order valence-corrected chi connectivity index (χ0v) is 20.3. The number of unbranched alkanes of at least 4 members (excludes halogenated alkanes) is 1. The fourth-order valence-electron chi connectivity index (χ4n) is 4.52. The van der Waals surface area contributed by atoms with E-state index in [2.05, 4.69) is 4.98 Å². The number of furan rings is 1. The van der Waals surface area contributed by atoms with Gasteiger partial charge in [0.05, 0.1) is 12.8 Å². The number of aromatic amines is 1. The fourth-order valence-corrected chi connectivity index (χ4v) is 4.52. The van der Waals surface area contributed by atoms with Crippen molar-refractivity contribution in [2.45, 2.75) is 45.7 Å². The first-order chi connectivity index (χ1) is 17.4. The standard InChI is InChI=1S/C26H31N5O5/c1-2-3-13-30-22(27)21(23(32)28-26(30)35)31(17-18-8-5-4-6-9-18)24(33)19-11-14-29(15-12-19)25(34)20-10-7-16-36-20/h4-10,16,19H,2-3,11-15,17,27H2,1H3,(H,28,32,35). The molecule has 10 heteroatoms. The van der Waals surface area contributed by atoms with Gasteiger partial charge in [-0.15, -0.1) is 0 Å². The van der Waals surface area contributed by atoms with E-state index in [0.29, 0.717) is 38.9 Å². The minimum Gasteiger partial charge on any atom is -0.459 e. The van der Waals surface area contributed by atoms with Gasteiger partial charge in [-0.1, -0.05) is 43.7 Å². The third kappa shape index (κ3) is 5.27. The number of piperidine rings is 1. The summed E-state index contributed by atoms with van der Waals surface area (Å²) >= 11 is 0. The van der Waals surface area contributed by atoms with Crippen molar-refractivity contribution in [3.8, 4) is 0 Å². The van der Waals surface area contributed by atoms with Crippen molar-refractivity contribution < 1.29 is 14.0 Å². The SMILES string of the molecule is CCCCn1c(N)c(N(Cc2ccccc2)C(=O)C2CCN(C(=O)c3ccco3)CC2)c(=O)[nH]c1=O. The Morgan fingerprint density at radius 3 is 2.47 bits per heavy atom. The minimum absolute atomic E-state index is 0.0198. The average Bonchev–Trinajstić information content (AvgIpc) is 3.43. The molecule has 0 radical (unpaired) electrons. The quantitative estimate of drug-likeness (QED) is 0.495. The molecular formula is C26H31N5O5. The molecule has 0 unspecified atom stereocenters. The van der Waals surface area contributed by atoms with Crippen molar-refractivity contribution in [1.82, 2.24) is 14.5 Å². The summed E-state index contributed by atoms with van der Waals surface area (Å²) in [5.74, 6) is -0.646. The maximum Gasteiger partial charge on any atom is 0.330 e. The summed E-state index contributed by atoms with van der Waals surface area (Å²) in [6.45, 7) is 3.23. The van der Waals surface area contributed by atoms with Gasteiger partial charge in [0.2, 0.25) is 5.91 Å². The third-order valence-electron chi connectivity index (χ3n) is 6.53. The molecule has 0 aliphatic carbocycles. The molecule has 1 saturated heterocycles. The van der Waals surface area contributed by atoms with Crippen LogP contribution < -0.4 is 21.9 Å². The summed E-state index contributed by atoms with van der Waals surface area (Å²) in [4.78, 5) is 57.3. The Bertz CT molecular complexity index is 1300. The number of nitrogens with two attached hydrogens (primary N) is 1. The third-order valence-corrected chi connectivity index (χ3v) is 6.53. The molecule has 4 rings (SSSR count). The van der Waals surface area contributed by atoms with Crippen LogP contribution in [0.4, 0.5) is 11.5 Å². The normalized spacial score (nSPS) is 14.1. The number of likely N-dealkylation sites (tertiary alicyclic amines) is 1. The molecule has 0 bridgehead atoms. The van der Waals surface area contributed by atoms with E-state index in [9.17, 15) is 19.2 Å². The van der Waals surface area contributed by atoms with E-state index >= 15 is 0 Å². The van der Waals surface area contributed by atoms with Gasteiger partial charge in [-0.25, -0.2) is 4.79 Å². The highest BCUT2D eigenvalue weighted by Crippen LogP contribution is 2.27. The smallest absolute Gasteiger partial charge is 0.330 e. The molecule has 0 atom stereocenters. The molecule has 3 N–H and O–H groups in total. The van der Waals surface area contributed by atoms with Crippen LogP contribution in [0.15, 0.2) is 62.7 Å². The summed E-state index contributed by atoms with van der Waals surface area (Å²) in [6.07, 6.45) is 3.85. The van der Waals surface area contributed by atoms with Crippen molar-refractivity contribution in [2.75, 3.05) is 23.7 Å². The number of anilines is 2. The van der Waals surface area contributed by atoms with Gasteiger partial charge < -0.3 is 15.1 Å². The van der Waals surface area contributed by atoms with Gasteiger partial charge in [0.15, 0.2) is 11.4 Å². The van der Waals surface area contributed by atoms with Crippen LogP contribution in [0.1, 0.15) is 48.7 Å². The Labute approximate surface area is 208 Å². The molecule has 0 spiro atoms. The number of amides is 2. The van der Waals surface area contributed by atoms with Crippen molar-refractivity contribution >= 4 is 23.3 Å². The number of hydrogen-bond donors (Lipinski definition) is 2. The molecule has 1 fully saturated rings. The predicted octanol–water partition coefficient (Wildman–Crippen LogP) is 2.60. The highest BCUT2D eigenvalue weighted by atomic mass is 16.3. The number of carbonyl (C=O) groups is 2. The number of nitrogen functional groups attached to an aromatic ring is 1. The molecule has 1 aliphatic heterocycles. The van der Waals surface area contributed by atoms with Crippen LogP contribution in [0.3, 0.4) is 0 Å². The highest BCUT2D eigenvalue weighted by molar-refractivity contribution is 5.97. The van der Waals surface area contributed by atoms with Gasteiger partial charge in [0.1, 0.15) is 5.82 Å². The van der Waals surface area contributed by atoms with Gasteiger partial charge in [-0.3, -0.25) is 28.8 Å². The first-order valence-electron chi connectivity index (χ1n) is 12.2. The van der Waals surface area contributed by atoms with Gasteiger partial charge in [-0.05, 0) is 37.0 Å². The summed E-state index contributed by atoms with van der Waals surface area (Å²) in [7, 11) is 0. The van der Waals surface area contributed by atoms with Crippen molar-refractivity contribution in [3.05, 3.63) is 80.9 Å². The lowest BCUT2D eigenvalue weighted by atomic mass is 9.94. The lowest BCUT2D eigenvalue weighted by Gasteiger charge is -2.34. The second-order valence-corrected chi connectivity index (χ2v) is 8.95. The molecule has 36 heavy (non-hydrogen) atoms. The number of aromatic nitrogens is 2. The number of carbonyl (C=O) groups excluding carboxylic acids is 2. The first kappa shape index (κ1) is 25.0. The first-order valence-corrected chi connectivity index (χ1v) is 12.2. The van der Waals surface area contributed by atoms with Crippen molar-refractivity contribution in [1.29, 1.82) is 0 Å². The second kappa shape index (κ2) is 11.1. The average molecular weight is 494 g/mol. The van der Waals surface area contributed by atoms with Crippen LogP contribution >= 0.6 is 0 Å². The molecule has 2 aromatic heterocycles. The van der Waals surface area contributed by atoms with Crippen LogP contribution in [0, 0.1) is 5.92 Å². The van der Waals surface area contributed by atoms with Crippen LogP contribution in [0.25, 0.3) is 0 Å². The van der Waals surface area contributed by atoms with Crippen molar-refractivity contribution in [3.63, 3.8) is 0 Å². The van der Waals surface area contributed by atoms with Crippen LogP contribution in [-0.4, -0.2) is 39.4 Å². The van der Waals surface area contributed by atoms with Gasteiger partial charge in [-0.2, -0.15) is 0 Å². The van der Waals surface area contributed by atoms with Crippen LogP contribution in [0.2, 0.25) is 0 Å². The number of H-pyrrole nitrogens is 1. The molecule has 1 aliphatic rings. The number of nitrogens with one attached hydrogen (secondary N) is 1. The summed E-state index contributed by atoms with van der Waals surface area (Å²) < 4.78 is 6.53. The number of hydrogen-bond acceptors (Lipinski definition) is 6. The zero-order valence-electron chi connectivity index (χ0n) is 20.3. The Hall–Kier alpha value is -4.08. The molecule has 190 valence electrons. The predicted molar refractivity (Wildman–Crippen MR) is 136 cm³/mol. The molecule has 0 saturated carbocycles. The second-order valence-electron chi connectivity index (χ2n) is 8.95. The Kier molecular flexibility index (Phi) is 7.72. The Morgan fingerprint density at radius 2 is 1.83 bits per heavy atom. The lowest BCUT2D eigenvalue weighted by Crippen LogP contribution is -2.46. The fraction of sp³-hybridized carbons (Fsp3) is 0.385. The van der Waals surface area contributed by atoms with E-state index in [0.717, 1.165) is 12.0 Å². The number of rotatable bonds is 8. The minimum atomic E-state index is -0.694. The Balaban J connectivity index is 1.62. The maximum atomic E-state index is 13.8. The summed E-state index contributed by atoms with van der Waals surface area (Å²) in [5, 5.41) is 0. The number of benzene rings is 1. The monoisotopic (exact) mass is 493 g/mol. The summed E-state index contributed by atoms with van der Waals surface area (Å²) in [5.41, 5.74) is 5.86. The molecule has 2 amide bonds. The summed E-state index contributed by atoms with van der Waals surface area (Å²) in [6, 6.07) is 12.6. The van der Waals surface area contributed by atoms with Crippen LogP contribution in [-0.2, 0) is 17.9 Å². The lowest BCUT2D eigenvalue weighted by molar-refractivity contribution is -0.123. The Morgan fingerprint density at radius 1 is 1.11 bits per heavy atom. The van der Waals surface area contributed by atoms with E-state index in [1.807, 2.05) is 37.3 Å². The topological polar surface area (TPSA) is 135 Å². The molecule has 3 heterocycles. The van der Waals surface area contributed by atoms with Crippen molar-refractivity contribution in [2.24, 2.45) is 5.92 Å². The van der Waals surface area contributed by atoms with E-state index in [1.165, 1.54) is 15.7 Å². The van der Waals surface area contributed by atoms with Gasteiger partial charge in [0.25, 0.3) is 11.5 Å². The van der Waals surface area contributed by atoms with Crippen LogP contribution in [0.5, 0.6) is 0 Å². The van der Waals surface area contributed by atoms with E-state index in [1.54, 1.807) is 17.0 Å². The highest BCUT2D eigenvalue weighted by Gasteiger charge is 2.34. The van der Waals surface area contributed by atoms with E-state index in [4.69, 9.17) is 10.2 Å². The molecule has 10 nitrogen and oxygen atoms in total. The molecule has 3 aromatic rings. The maximum absolute atomic E-state index is 13.8. The van der Waals surface area contributed by atoms with E-state index in [-0.39, 0.29) is 35.6 Å². The zero-order chi connectivity index (χ0) is 25.7. The number of nitrogens with zero attached hydrogens (tertiary/aromatic N) is 3. The molecular weight excluding hydrogens is 462 g/mol. The van der Waals surface area contributed by atoms with E-state index < -0.39 is 17.2 Å². The van der Waals surface area contributed by atoms with Gasteiger partial charge in [0, 0.05) is 25.6 Å². The molecule has 1 aromatic carbocycles.